The number of guanidine groups is 1. The van der Waals surface area contributed by atoms with Crippen LogP contribution in [0.25, 0.3) is 0 Å². The van der Waals surface area contributed by atoms with Crippen LogP contribution < -0.4 is 11.1 Å². The predicted octanol–water partition coefficient (Wildman–Crippen LogP) is 3.12. The Morgan fingerprint density at radius 1 is 1.33 bits per heavy atom. The van der Waals surface area contributed by atoms with E-state index in [9.17, 15) is 0 Å². The van der Waals surface area contributed by atoms with E-state index < -0.39 is 0 Å². The lowest BCUT2D eigenvalue weighted by Crippen LogP contribution is -2.32. The van der Waals surface area contributed by atoms with Crippen molar-refractivity contribution < 1.29 is 0 Å². The van der Waals surface area contributed by atoms with Crippen LogP contribution in [0.3, 0.4) is 0 Å². The molecular weight excluding hydrogens is 260 g/mol. The Morgan fingerprint density at radius 3 is 2.57 bits per heavy atom. The molecule has 0 radical (unpaired) electrons. The predicted molar refractivity (Wildman–Crippen MR) is 93.0 cm³/mol. The van der Waals surface area contributed by atoms with Crippen molar-refractivity contribution in [3.8, 4) is 0 Å². The Bertz CT molecular complexity index is 475. The van der Waals surface area contributed by atoms with Crippen molar-refractivity contribution in [3.63, 3.8) is 0 Å². The number of benzene rings is 1. The molecule has 0 aliphatic heterocycles. The average molecular weight is 290 g/mol. The summed E-state index contributed by atoms with van der Waals surface area (Å²) in [5, 5.41) is 3.18. The Morgan fingerprint density at radius 2 is 2.00 bits per heavy atom. The molecule has 0 heterocycles. The first-order chi connectivity index (χ1) is 9.69. The van der Waals surface area contributed by atoms with Crippen LogP contribution in [0.1, 0.15) is 39.2 Å². The van der Waals surface area contributed by atoms with Crippen molar-refractivity contribution in [2.75, 3.05) is 32.5 Å². The topological polar surface area (TPSA) is 53.6 Å². The van der Waals surface area contributed by atoms with E-state index in [1.165, 1.54) is 5.56 Å². The van der Waals surface area contributed by atoms with Gasteiger partial charge in [-0.15, -0.1) is 0 Å². The number of hydrogen-bond donors (Lipinski definition) is 2. The monoisotopic (exact) mass is 290 g/mol. The number of nitrogens with one attached hydrogen (secondary N) is 1. The Hall–Kier alpha value is -1.55. The summed E-state index contributed by atoms with van der Waals surface area (Å²) in [6.45, 7) is 10.4. The van der Waals surface area contributed by atoms with E-state index in [1.807, 2.05) is 12.1 Å². The number of hydrogen-bond acceptors (Lipinski definition) is 2. The Balaban J connectivity index is 2.66. The standard InChI is InChI=1S/C17H30N4/c1-13(2)14-8-7-9-15(10-14)20-16(18)19-11-17(3,4)12-21(5)6/h7-10,13H,11-12H2,1-6H3,(H3,18,19,20). The maximum absolute atomic E-state index is 6.00. The smallest absolute Gasteiger partial charge is 0.193 e. The molecule has 0 aliphatic rings. The lowest BCUT2D eigenvalue weighted by Gasteiger charge is -2.26. The maximum Gasteiger partial charge on any atom is 0.193 e. The number of nitrogens with two attached hydrogens (primary N) is 1. The van der Waals surface area contributed by atoms with E-state index in [1.54, 1.807) is 0 Å². The highest BCUT2D eigenvalue weighted by atomic mass is 15.1. The molecule has 118 valence electrons. The summed E-state index contributed by atoms with van der Waals surface area (Å²) in [6.07, 6.45) is 0. The van der Waals surface area contributed by atoms with Gasteiger partial charge < -0.3 is 16.0 Å². The summed E-state index contributed by atoms with van der Waals surface area (Å²) in [4.78, 5) is 6.65. The quantitative estimate of drug-likeness (QED) is 0.625. The SMILES string of the molecule is CC(C)c1cccc(NC(N)=NCC(C)(C)CN(C)C)c1. The van der Waals surface area contributed by atoms with Gasteiger partial charge in [0.15, 0.2) is 5.96 Å². The van der Waals surface area contributed by atoms with Gasteiger partial charge in [0, 0.05) is 18.8 Å². The van der Waals surface area contributed by atoms with Gasteiger partial charge >= 0.3 is 0 Å². The molecule has 1 aromatic rings. The molecule has 4 heteroatoms. The van der Waals surface area contributed by atoms with Crippen LogP contribution in [0, 0.1) is 5.41 Å². The van der Waals surface area contributed by atoms with Gasteiger partial charge in [-0.05, 0) is 43.1 Å². The summed E-state index contributed by atoms with van der Waals surface area (Å²) >= 11 is 0. The minimum absolute atomic E-state index is 0.107. The number of rotatable bonds is 6. The molecule has 21 heavy (non-hydrogen) atoms. The molecule has 4 nitrogen and oxygen atoms in total. The first kappa shape index (κ1) is 17.5. The third-order valence-corrected chi connectivity index (χ3v) is 3.25. The van der Waals surface area contributed by atoms with Gasteiger partial charge in [0.05, 0.1) is 0 Å². The summed E-state index contributed by atoms with van der Waals surface area (Å²) in [5.41, 5.74) is 8.39. The highest BCUT2D eigenvalue weighted by Crippen LogP contribution is 2.19. The van der Waals surface area contributed by atoms with Crippen LogP contribution in [0.4, 0.5) is 5.69 Å². The van der Waals surface area contributed by atoms with Crippen molar-refractivity contribution in [3.05, 3.63) is 29.8 Å². The van der Waals surface area contributed by atoms with E-state index >= 15 is 0 Å². The summed E-state index contributed by atoms with van der Waals surface area (Å²) < 4.78 is 0. The number of anilines is 1. The van der Waals surface area contributed by atoms with Crippen molar-refractivity contribution in [2.24, 2.45) is 16.1 Å². The molecule has 0 fully saturated rings. The van der Waals surface area contributed by atoms with Crippen LogP contribution >= 0.6 is 0 Å². The number of nitrogens with zero attached hydrogens (tertiary/aromatic N) is 2. The fourth-order valence-corrected chi connectivity index (χ4v) is 2.37. The van der Waals surface area contributed by atoms with Crippen LogP contribution in [-0.2, 0) is 0 Å². The molecule has 1 rings (SSSR count). The molecule has 0 unspecified atom stereocenters. The molecule has 0 aromatic heterocycles. The molecule has 3 N–H and O–H groups in total. The van der Waals surface area contributed by atoms with Crippen LogP contribution in [0.15, 0.2) is 29.3 Å². The number of aliphatic imine (C=N–C) groups is 1. The zero-order valence-electron chi connectivity index (χ0n) is 14.3. The molecule has 0 bridgehead atoms. The molecular formula is C17H30N4. The second-order valence-corrected chi connectivity index (χ2v) is 7.01. The minimum atomic E-state index is 0.107. The van der Waals surface area contributed by atoms with Crippen molar-refractivity contribution in [1.29, 1.82) is 0 Å². The molecule has 0 saturated heterocycles. The highest BCUT2D eigenvalue weighted by molar-refractivity contribution is 5.92. The molecule has 0 saturated carbocycles. The van der Waals surface area contributed by atoms with Gasteiger partial charge in [-0.2, -0.15) is 0 Å². The summed E-state index contributed by atoms with van der Waals surface area (Å²) in [6, 6.07) is 8.31. The minimum Gasteiger partial charge on any atom is -0.370 e. The second kappa shape index (κ2) is 7.46. The zero-order valence-corrected chi connectivity index (χ0v) is 14.3. The average Bonchev–Trinajstić information content (AvgIpc) is 2.35. The van der Waals surface area contributed by atoms with Crippen LogP contribution in [0.5, 0.6) is 0 Å². The van der Waals surface area contributed by atoms with E-state index in [0.29, 0.717) is 18.4 Å². The second-order valence-electron chi connectivity index (χ2n) is 7.01. The lowest BCUT2D eigenvalue weighted by molar-refractivity contribution is 0.249. The van der Waals surface area contributed by atoms with E-state index in [0.717, 1.165) is 12.2 Å². The molecule has 0 aliphatic carbocycles. The fraction of sp³-hybridized carbons (Fsp3) is 0.588. The largest absolute Gasteiger partial charge is 0.370 e. The van der Waals surface area contributed by atoms with Gasteiger partial charge in [-0.25, -0.2) is 0 Å². The summed E-state index contributed by atoms with van der Waals surface area (Å²) in [5.74, 6) is 0.978. The van der Waals surface area contributed by atoms with Crippen molar-refractivity contribution in [2.45, 2.75) is 33.6 Å². The third kappa shape index (κ3) is 6.63. The maximum atomic E-state index is 6.00. The molecule has 1 aromatic carbocycles. The first-order valence-corrected chi connectivity index (χ1v) is 7.51. The zero-order chi connectivity index (χ0) is 16.0. The fourth-order valence-electron chi connectivity index (χ4n) is 2.37. The van der Waals surface area contributed by atoms with Crippen LogP contribution in [-0.4, -0.2) is 38.0 Å². The molecule has 0 atom stereocenters. The van der Waals surface area contributed by atoms with Crippen molar-refractivity contribution in [1.82, 2.24) is 4.90 Å². The lowest BCUT2D eigenvalue weighted by atomic mass is 9.93. The Labute approximate surface area is 129 Å². The molecule has 0 amide bonds. The van der Waals surface area contributed by atoms with Crippen LogP contribution in [0.2, 0.25) is 0 Å². The third-order valence-electron chi connectivity index (χ3n) is 3.25. The van der Waals surface area contributed by atoms with E-state index in [2.05, 4.69) is 69.1 Å². The normalized spacial score (nSPS) is 13.0. The van der Waals surface area contributed by atoms with Crippen molar-refractivity contribution >= 4 is 11.6 Å². The Kier molecular flexibility index (Phi) is 6.21. The van der Waals surface area contributed by atoms with Gasteiger partial charge in [0.25, 0.3) is 0 Å². The van der Waals surface area contributed by atoms with E-state index in [-0.39, 0.29) is 5.41 Å². The first-order valence-electron chi connectivity index (χ1n) is 7.51. The van der Waals surface area contributed by atoms with Gasteiger partial charge in [0.2, 0.25) is 0 Å². The van der Waals surface area contributed by atoms with Gasteiger partial charge in [-0.3, -0.25) is 4.99 Å². The summed E-state index contributed by atoms with van der Waals surface area (Å²) in [7, 11) is 4.15. The van der Waals surface area contributed by atoms with Gasteiger partial charge in [-0.1, -0.05) is 39.8 Å². The van der Waals surface area contributed by atoms with E-state index in [4.69, 9.17) is 5.73 Å². The van der Waals surface area contributed by atoms with Gasteiger partial charge in [0.1, 0.15) is 0 Å². The highest BCUT2D eigenvalue weighted by Gasteiger charge is 2.18. The molecule has 0 spiro atoms.